The lowest BCUT2D eigenvalue weighted by atomic mass is 9.99. The minimum atomic E-state index is -2.70. The fourth-order valence-corrected chi connectivity index (χ4v) is 3.89. The summed E-state index contributed by atoms with van der Waals surface area (Å²) >= 11 is 0. The van der Waals surface area contributed by atoms with Gasteiger partial charge in [0.15, 0.2) is 0 Å². The Morgan fingerprint density at radius 3 is 2.54 bits per heavy atom. The average molecular weight is 341 g/mol. The standard InChI is InChI=1S/C17H25F2N3O2/c1-12-4-5-15(22(12)17(18)19)16(24)20-9-6-13(7-10-20)21-8-2-3-14(23)11-21/h4-5,13-14,17,23H,2-3,6-11H2,1H3/t14-/m1/s1. The van der Waals surface area contributed by atoms with Crippen LogP contribution in [0.1, 0.15) is 48.4 Å². The monoisotopic (exact) mass is 341 g/mol. The van der Waals surface area contributed by atoms with Crippen LogP contribution in [-0.2, 0) is 0 Å². The van der Waals surface area contributed by atoms with Crippen LogP contribution in [-0.4, -0.2) is 63.7 Å². The van der Waals surface area contributed by atoms with Gasteiger partial charge in [-0.1, -0.05) is 0 Å². The van der Waals surface area contributed by atoms with E-state index in [-0.39, 0.29) is 17.7 Å². The number of likely N-dealkylation sites (tertiary alicyclic amines) is 2. The van der Waals surface area contributed by atoms with Gasteiger partial charge in [-0.05, 0) is 51.3 Å². The van der Waals surface area contributed by atoms with Crippen molar-refractivity contribution in [2.75, 3.05) is 26.2 Å². The van der Waals surface area contributed by atoms with Crippen LogP contribution >= 0.6 is 0 Å². The molecule has 2 aliphatic rings. The molecule has 0 aromatic carbocycles. The van der Waals surface area contributed by atoms with Crippen molar-refractivity contribution >= 4 is 5.91 Å². The highest BCUT2D eigenvalue weighted by atomic mass is 19.3. The summed E-state index contributed by atoms with van der Waals surface area (Å²) in [5, 5.41) is 9.80. The first-order chi connectivity index (χ1) is 11.5. The maximum Gasteiger partial charge on any atom is 0.319 e. The van der Waals surface area contributed by atoms with Crippen LogP contribution in [0.4, 0.5) is 8.78 Å². The van der Waals surface area contributed by atoms with Gasteiger partial charge < -0.3 is 10.0 Å². The van der Waals surface area contributed by atoms with Crippen molar-refractivity contribution in [3.63, 3.8) is 0 Å². The Morgan fingerprint density at radius 2 is 1.92 bits per heavy atom. The zero-order valence-electron chi connectivity index (χ0n) is 14.0. The van der Waals surface area contributed by atoms with E-state index in [1.807, 2.05) is 0 Å². The van der Waals surface area contributed by atoms with E-state index in [0.29, 0.717) is 31.4 Å². The van der Waals surface area contributed by atoms with Gasteiger partial charge in [0.05, 0.1) is 6.10 Å². The maximum absolute atomic E-state index is 13.2. The molecule has 134 valence electrons. The number of nitrogens with zero attached hydrogens (tertiary/aromatic N) is 3. The molecule has 0 radical (unpaired) electrons. The summed E-state index contributed by atoms with van der Waals surface area (Å²) < 4.78 is 27.1. The van der Waals surface area contributed by atoms with Crippen molar-refractivity contribution in [2.45, 2.75) is 51.3 Å². The molecule has 1 aromatic rings. The van der Waals surface area contributed by atoms with Gasteiger partial charge in [0.1, 0.15) is 5.69 Å². The summed E-state index contributed by atoms with van der Waals surface area (Å²) in [6.07, 6.45) is 3.26. The molecule has 1 aromatic heterocycles. The maximum atomic E-state index is 13.2. The third-order valence-corrected chi connectivity index (χ3v) is 5.23. The molecule has 2 fully saturated rings. The first kappa shape index (κ1) is 17.4. The number of hydrogen-bond acceptors (Lipinski definition) is 3. The molecule has 5 nitrogen and oxygen atoms in total. The van der Waals surface area contributed by atoms with Gasteiger partial charge in [0.2, 0.25) is 0 Å². The Hall–Kier alpha value is -1.47. The number of alkyl halides is 2. The number of aromatic nitrogens is 1. The van der Waals surface area contributed by atoms with Gasteiger partial charge in [0.25, 0.3) is 5.91 Å². The fourth-order valence-electron chi connectivity index (χ4n) is 3.89. The van der Waals surface area contributed by atoms with Crippen molar-refractivity contribution in [3.05, 3.63) is 23.5 Å². The third-order valence-electron chi connectivity index (χ3n) is 5.23. The highest BCUT2D eigenvalue weighted by Crippen LogP contribution is 2.24. The number of amides is 1. The van der Waals surface area contributed by atoms with Gasteiger partial charge >= 0.3 is 6.55 Å². The molecule has 2 saturated heterocycles. The molecule has 24 heavy (non-hydrogen) atoms. The van der Waals surface area contributed by atoms with E-state index in [1.54, 1.807) is 17.9 Å². The second-order valence-electron chi connectivity index (χ2n) is 6.82. The topological polar surface area (TPSA) is 48.7 Å². The summed E-state index contributed by atoms with van der Waals surface area (Å²) in [4.78, 5) is 16.6. The molecule has 1 amide bonds. The zero-order chi connectivity index (χ0) is 17.3. The van der Waals surface area contributed by atoms with Gasteiger partial charge in [-0.25, -0.2) is 0 Å². The number of β-amino-alcohol motifs (C(OH)–C–C–N with tert-alkyl or cyclic N) is 1. The SMILES string of the molecule is Cc1ccc(C(=O)N2CCC(N3CCC[C@@H](O)C3)CC2)n1C(F)F. The number of carbonyl (C=O) groups excluding carboxylic acids is 1. The van der Waals surface area contributed by atoms with E-state index in [4.69, 9.17) is 0 Å². The second kappa shape index (κ2) is 7.19. The van der Waals surface area contributed by atoms with Gasteiger partial charge in [0, 0.05) is 31.4 Å². The predicted octanol–water partition coefficient (Wildman–Crippen LogP) is 2.25. The highest BCUT2D eigenvalue weighted by molar-refractivity contribution is 5.93. The van der Waals surface area contributed by atoms with Crippen molar-refractivity contribution in [3.8, 4) is 0 Å². The Balaban J connectivity index is 1.61. The quantitative estimate of drug-likeness (QED) is 0.917. The molecular weight excluding hydrogens is 316 g/mol. The lowest BCUT2D eigenvalue weighted by Crippen LogP contribution is -2.50. The van der Waals surface area contributed by atoms with Crippen molar-refractivity contribution in [2.24, 2.45) is 0 Å². The fraction of sp³-hybridized carbons (Fsp3) is 0.706. The lowest BCUT2D eigenvalue weighted by molar-refractivity contribution is 0.0226. The molecule has 0 bridgehead atoms. The van der Waals surface area contributed by atoms with E-state index in [9.17, 15) is 18.7 Å². The molecule has 3 heterocycles. The normalized spacial score (nSPS) is 23.9. The minimum Gasteiger partial charge on any atom is -0.392 e. The summed E-state index contributed by atoms with van der Waals surface area (Å²) in [5.74, 6) is -0.319. The first-order valence-corrected chi connectivity index (χ1v) is 8.64. The number of carbonyl (C=O) groups is 1. The van der Waals surface area contributed by atoms with Gasteiger partial charge in [-0.15, -0.1) is 0 Å². The summed E-state index contributed by atoms with van der Waals surface area (Å²) in [5.41, 5.74) is 0.458. The Kier molecular flexibility index (Phi) is 5.20. The summed E-state index contributed by atoms with van der Waals surface area (Å²) in [7, 11) is 0. The van der Waals surface area contributed by atoms with Crippen LogP contribution in [0.15, 0.2) is 12.1 Å². The summed E-state index contributed by atoms with van der Waals surface area (Å²) in [6, 6.07) is 3.41. The number of piperidine rings is 2. The molecule has 1 atom stereocenters. The van der Waals surface area contributed by atoms with E-state index >= 15 is 0 Å². The van der Waals surface area contributed by atoms with Gasteiger partial charge in [-0.3, -0.25) is 14.3 Å². The molecule has 0 unspecified atom stereocenters. The number of aryl methyl sites for hydroxylation is 1. The number of aliphatic hydroxyl groups is 1. The van der Waals surface area contributed by atoms with Crippen molar-refractivity contribution < 1.29 is 18.7 Å². The summed E-state index contributed by atoms with van der Waals surface area (Å²) in [6.45, 7) is 1.71. The smallest absolute Gasteiger partial charge is 0.319 e. The second-order valence-corrected chi connectivity index (χ2v) is 6.82. The van der Waals surface area contributed by atoms with E-state index in [0.717, 1.165) is 36.8 Å². The van der Waals surface area contributed by atoms with E-state index < -0.39 is 6.55 Å². The number of halogens is 2. The molecule has 0 saturated carbocycles. The Bertz CT molecular complexity index is 582. The largest absolute Gasteiger partial charge is 0.392 e. The zero-order valence-corrected chi connectivity index (χ0v) is 14.0. The van der Waals surface area contributed by atoms with Crippen LogP contribution in [0.3, 0.4) is 0 Å². The predicted molar refractivity (Wildman–Crippen MR) is 86.2 cm³/mol. The van der Waals surface area contributed by atoms with Crippen LogP contribution < -0.4 is 0 Å². The molecular formula is C17H25F2N3O2. The molecule has 2 aliphatic heterocycles. The third kappa shape index (κ3) is 3.47. The molecule has 0 aliphatic carbocycles. The number of hydrogen-bond donors (Lipinski definition) is 1. The molecule has 7 heteroatoms. The van der Waals surface area contributed by atoms with Crippen LogP contribution in [0.2, 0.25) is 0 Å². The van der Waals surface area contributed by atoms with E-state index in [2.05, 4.69) is 4.90 Å². The molecule has 3 rings (SSSR count). The molecule has 1 N–H and O–H groups in total. The highest BCUT2D eigenvalue weighted by Gasteiger charge is 2.31. The van der Waals surface area contributed by atoms with E-state index in [1.165, 1.54) is 6.07 Å². The average Bonchev–Trinajstić information content (AvgIpc) is 2.96. The number of aliphatic hydroxyl groups excluding tert-OH is 1. The van der Waals surface area contributed by atoms with Crippen LogP contribution in [0, 0.1) is 6.92 Å². The number of rotatable bonds is 3. The minimum absolute atomic E-state index is 0.0642. The van der Waals surface area contributed by atoms with Crippen LogP contribution in [0.25, 0.3) is 0 Å². The van der Waals surface area contributed by atoms with Crippen molar-refractivity contribution in [1.29, 1.82) is 0 Å². The first-order valence-electron chi connectivity index (χ1n) is 8.64. The van der Waals surface area contributed by atoms with Crippen LogP contribution in [0.5, 0.6) is 0 Å². The lowest BCUT2D eigenvalue weighted by Gasteiger charge is -2.41. The molecule has 0 spiro atoms. The Labute approximate surface area is 140 Å². The van der Waals surface area contributed by atoms with Crippen molar-refractivity contribution in [1.82, 2.24) is 14.4 Å². The van der Waals surface area contributed by atoms with Gasteiger partial charge in [-0.2, -0.15) is 8.78 Å². The Morgan fingerprint density at radius 1 is 1.21 bits per heavy atom.